The zero-order valence-electron chi connectivity index (χ0n) is 11.3. The Morgan fingerprint density at radius 3 is 2.61 bits per heavy atom. The third-order valence-electron chi connectivity index (χ3n) is 4.31. The summed E-state index contributed by atoms with van der Waals surface area (Å²) >= 11 is 0. The molecule has 2 aliphatic rings. The summed E-state index contributed by atoms with van der Waals surface area (Å²) in [5.41, 5.74) is 2.81. The lowest BCUT2D eigenvalue weighted by molar-refractivity contribution is 0.583. The standard InChI is InChI=1S/C15H23N3/c1-12-10-14(13-4-2-3-5-13)11-17-15(12)18-8-6-16-7-9-18/h10-11,13,16H,2-9H2,1H3. The van der Waals surface area contributed by atoms with E-state index in [2.05, 4.69) is 29.4 Å². The fourth-order valence-electron chi connectivity index (χ4n) is 3.28. The highest BCUT2D eigenvalue weighted by molar-refractivity contribution is 5.48. The zero-order chi connectivity index (χ0) is 12.4. The first-order chi connectivity index (χ1) is 8.84. The van der Waals surface area contributed by atoms with Gasteiger partial charge in [-0.2, -0.15) is 0 Å². The minimum Gasteiger partial charge on any atom is -0.354 e. The average Bonchev–Trinajstić information content (AvgIpc) is 2.93. The van der Waals surface area contributed by atoms with Crippen molar-refractivity contribution in [2.24, 2.45) is 0 Å². The van der Waals surface area contributed by atoms with Crippen LogP contribution >= 0.6 is 0 Å². The molecule has 3 rings (SSSR count). The Morgan fingerprint density at radius 1 is 1.22 bits per heavy atom. The number of anilines is 1. The van der Waals surface area contributed by atoms with Crippen molar-refractivity contribution in [2.75, 3.05) is 31.1 Å². The topological polar surface area (TPSA) is 28.2 Å². The van der Waals surface area contributed by atoms with Crippen LogP contribution in [0.25, 0.3) is 0 Å². The van der Waals surface area contributed by atoms with E-state index in [-0.39, 0.29) is 0 Å². The Kier molecular flexibility index (Phi) is 3.50. The maximum Gasteiger partial charge on any atom is 0.131 e. The van der Waals surface area contributed by atoms with Gasteiger partial charge in [0, 0.05) is 32.4 Å². The largest absolute Gasteiger partial charge is 0.354 e. The third-order valence-corrected chi connectivity index (χ3v) is 4.31. The van der Waals surface area contributed by atoms with E-state index in [0.717, 1.165) is 32.1 Å². The van der Waals surface area contributed by atoms with E-state index in [0.29, 0.717) is 0 Å². The number of aryl methyl sites for hydroxylation is 1. The van der Waals surface area contributed by atoms with Crippen LogP contribution in [0, 0.1) is 6.92 Å². The van der Waals surface area contributed by atoms with E-state index < -0.39 is 0 Å². The van der Waals surface area contributed by atoms with Gasteiger partial charge in [0.1, 0.15) is 5.82 Å². The number of piperazine rings is 1. The van der Waals surface area contributed by atoms with Crippen LogP contribution in [0.15, 0.2) is 12.3 Å². The van der Waals surface area contributed by atoms with Gasteiger partial charge in [0.25, 0.3) is 0 Å². The first-order valence-electron chi connectivity index (χ1n) is 7.27. The summed E-state index contributed by atoms with van der Waals surface area (Å²) in [7, 11) is 0. The average molecular weight is 245 g/mol. The quantitative estimate of drug-likeness (QED) is 0.867. The molecule has 0 amide bonds. The van der Waals surface area contributed by atoms with E-state index in [4.69, 9.17) is 4.98 Å². The third kappa shape index (κ3) is 2.37. The second kappa shape index (κ2) is 5.27. The highest BCUT2D eigenvalue weighted by atomic mass is 15.2. The molecule has 1 N–H and O–H groups in total. The summed E-state index contributed by atoms with van der Waals surface area (Å²) in [5.74, 6) is 1.96. The monoisotopic (exact) mass is 245 g/mol. The van der Waals surface area contributed by atoms with Gasteiger partial charge in [-0.15, -0.1) is 0 Å². The van der Waals surface area contributed by atoms with Gasteiger partial charge in [-0.3, -0.25) is 0 Å². The van der Waals surface area contributed by atoms with Crippen molar-refractivity contribution in [2.45, 2.75) is 38.5 Å². The van der Waals surface area contributed by atoms with E-state index in [9.17, 15) is 0 Å². The van der Waals surface area contributed by atoms with Crippen molar-refractivity contribution >= 4 is 5.82 Å². The van der Waals surface area contributed by atoms with E-state index >= 15 is 0 Å². The lowest BCUT2D eigenvalue weighted by Crippen LogP contribution is -2.44. The Balaban J connectivity index is 1.79. The lowest BCUT2D eigenvalue weighted by atomic mass is 9.98. The molecule has 0 atom stereocenters. The second-order valence-electron chi connectivity index (χ2n) is 5.63. The molecule has 1 aromatic rings. The van der Waals surface area contributed by atoms with Gasteiger partial charge in [0.2, 0.25) is 0 Å². The molecule has 18 heavy (non-hydrogen) atoms. The molecule has 98 valence electrons. The van der Waals surface area contributed by atoms with Gasteiger partial charge in [-0.25, -0.2) is 4.98 Å². The SMILES string of the molecule is Cc1cc(C2CCCC2)cnc1N1CCNCC1. The Hall–Kier alpha value is -1.09. The molecule has 0 radical (unpaired) electrons. The molecular formula is C15H23N3. The molecular weight excluding hydrogens is 222 g/mol. The zero-order valence-corrected chi connectivity index (χ0v) is 11.3. The van der Waals surface area contributed by atoms with Crippen LogP contribution in [0.3, 0.4) is 0 Å². The Bertz CT molecular complexity index is 404. The number of aromatic nitrogens is 1. The maximum absolute atomic E-state index is 4.74. The van der Waals surface area contributed by atoms with Crippen LogP contribution in [0.5, 0.6) is 0 Å². The van der Waals surface area contributed by atoms with E-state index in [1.807, 2.05) is 0 Å². The van der Waals surface area contributed by atoms with E-state index in [1.165, 1.54) is 42.6 Å². The van der Waals surface area contributed by atoms with Crippen LogP contribution in [0.1, 0.15) is 42.7 Å². The van der Waals surface area contributed by atoms with Crippen molar-refractivity contribution in [3.8, 4) is 0 Å². The Morgan fingerprint density at radius 2 is 1.94 bits per heavy atom. The molecule has 1 saturated carbocycles. The Labute approximate surface area is 110 Å². The normalized spacial score (nSPS) is 21.5. The first kappa shape index (κ1) is 12.0. The number of nitrogens with zero attached hydrogens (tertiary/aromatic N) is 2. The minimum absolute atomic E-state index is 0.772. The molecule has 0 unspecified atom stereocenters. The van der Waals surface area contributed by atoms with Gasteiger partial charge in [0.15, 0.2) is 0 Å². The summed E-state index contributed by atoms with van der Waals surface area (Å²) < 4.78 is 0. The number of hydrogen-bond acceptors (Lipinski definition) is 3. The number of nitrogens with one attached hydrogen (secondary N) is 1. The summed E-state index contributed by atoms with van der Waals surface area (Å²) in [5, 5.41) is 3.39. The summed E-state index contributed by atoms with van der Waals surface area (Å²) in [6.45, 7) is 6.52. The molecule has 1 aliphatic carbocycles. The van der Waals surface area contributed by atoms with Crippen LogP contribution in [0.4, 0.5) is 5.82 Å². The van der Waals surface area contributed by atoms with E-state index in [1.54, 1.807) is 0 Å². The number of rotatable bonds is 2. The summed E-state index contributed by atoms with van der Waals surface area (Å²) in [6, 6.07) is 2.38. The van der Waals surface area contributed by atoms with Crippen molar-refractivity contribution in [3.05, 3.63) is 23.4 Å². The summed E-state index contributed by atoms with van der Waals surface area (Å²) in [4.78, 5) is 7.15. The van der Waals surface area contributed by atoms with Crippen molar-refractivity contribution in [1.29, 1.82) is 0 Å². The molecule has 1 aromatic heterocycles. The lowest BCUT2D eigenvalue weighted by Gasteiger charge is -2.30. The van der Waals surface area contributed by atoms with Crippen LogP contribution in [-0.4, -0.2) is 31.2 Å². The number of pyridine rings is 1. The van der Waals surface area contributed by atoms with Gasteiger partial charge < -0.3 is 10.2 Å². The fraction of sp³-hybridized carbons (Fsp3) is 0.667. The van der Waals surface area contributed by atoms with Crippen molar-refractivity contribution in [1.82, 2.24) is 10.3 Å². The predicted molar refractivity (Wildman–Crippen MR) is 75.3 cm³/mol. The molecule has 1 aliphatic heterocycles. The molecule has 3 heteroatoms. The molecule has 3 nitrogen and oxygen atoms in total. The highest BCUT2D eigenvalue weighted by Crippen LogP contribution is 2.35. The van der Waals surface area contributed by atoms with Gasteiger partial charge in [-0.1, -0.05) is 18.9 Å². The number of hydrogen-bond donors (Lipinski definition) is 1. The van der Waals surface area contributed by atoms with Crippen molar-refractivity contribution < 1.29 is 0 Å². The molecule has 2 fully saturated rings. The van der Waals surface area contributed by atoms with Crippen LogP contribution in [-0.2, 0) is 0 Å². The minimum atomic E-state index is 0.772. The molecule has 1 saturated heterocycles. The second-order valence-corrected chi connectivity index (χ2v) is 5.63. The van der Waals surface area contributed by atoms with Crippen molar-refractivity contribution in [3.63, 3.8) is 0 Å². The van der Waals surface area contributed by atoms with Crippen LogP contribution < -0.4 is 10.2 Å². The van der Waals surface area contributed by atoms with Crippen LogP contribution in [0.2, 0.25) is 0 Å². The molecule has 0 aromatic carbocycles. The molecule has 0 spiro atoms. The maximum atomic E-state index is 4.74. The predicted octanol–water partition coefficient (Wildman–Crippen LogP) is 2.46. The highest BCUT2D eigenvalue weighted by Gasteiger charge is 2.19. The first-order valence-corrected chi connectivity index (χ1v) is 7.27. The summed E-state index contributed by atoms with van der Waals surface area (Å²) in [6.07, 6.45) is 7.62. The smallest absolute Gasteiger partial charge is 0.131 e. The molecule has 0 bridgehead atoms. The molecule has 2 heterocycles. The van der Waals surface area contributed by atoms with Gasteiger partial charge in [0.05, 0.1) is 0 Å². The van der Waals surface area contributed by atoms with Gasteiger partial charge >= 0.3 is 0 Å². The fourth-order valence-corrected chi connectivity index (χ4v) is 3.28. The van der Waals surface area contributed by atoms with Gasteiger partial charge in [-0.05, 0) is 36.8 Å².